The second-order valence-electron chi connectivity index (χ2n) is 8.49. The molecular weight excluding hydrogens is 455 g/mol. The van der Waals surface area contributed by atoms with Crippen molar-refractivity contribution in [3.63, 3.8) is 0 Å². The van der Waals surface area contributed by atoms with Crippen LogP contribution in [0, 0.1) is 0 Å². The van der Waals surface area contributed by atoms with Crippen LogP contribution in [-0.2, 0) is 22.0 Å². The third-order valence-electron chi connectivity index (χ3n) is 6.15. The Balaban J connectivity index is 1.33. The zero-order chi connectivity index (χ0) is 23.5. The van der Waals surface area contributed by atoms with Gasteiger partial charge in [-0.05, 0) is 42.7 Å². The van der Waals surface area contributed by atoms with E-state index in [1.807, 2.05) is 17.0 Å². The fraction of sp³-hybridized carbons (Fsp3) is 0.545. The highest BCUT2D eigenvalue weighted by atomic mass is 32.2. The quantitative estimate of drug-likeness (QED) is 0.648. The summed E-state index contributed by atoms with van der Waals surface area (Å²) in [6.45, 7) is 3.51. The predicted molar refractivity (Wildman–Crippen MR) is 121 cm³/mol. The highest BCUT2D eigenvalue weighted by molar-refractivity contribution is 7.88. The summed E-state index contributed by atoms with van der Waals surface area (Å²) in [6, 6.07) is 8.17. The first kappa shape index (κ1) is 23.7. The third-order valence-corrected chi connectivity index (χ3v) is 8.00. The molecule has 1 aromatic carbocycles. The summed E-state index contributed by atoms with van der Waals surface area (Å²) in [5.41, 5.74) is -0.458. The summed E-state index contributed by atoms with van der Waals surface area (Å²) in [6.07, 6.45) is 0.364. The molecule has 4 rings (SSSR count). The van der Waals surface area contributed by atoms with Crippen molar-refractivity contribution in [2.75, 3.05) is 49.1 Å². The lowest BCUT2D eigenvalue weighted by atomic mass is 10.1. The predicted octanol–water partition coefficient (Wildman–Crippen LogP) is 3.53. The van der Waals surface area contributed by atoms with Gasteiger partial charge in [0.25, 0.3) is 0 Å². The Morgan fingerprint density at radius 3 is 1.73 bits per heavy atom. The van der Waals surface area contributed by atoms with Gasteiger partial charge in [0.2, 0.25) is 10.0 Å². The molecule has 0 unspecified atom stereocenters. The SMILES string of the molecule is O=S(=O)(Cc1ccc(C(F)(F)F)cc1)N1CCN(c2ccc(N3CCCCCC3)nn2)CC1. The first-order valence-electron chi connectivity index (χ1n) is 11.2. The van der Waals surface area contributed by atoms with Gasteiger partial charge in [0.15, 0.2) is 11.6 Å². The van der Waals surface area contributed by atoms with E-state index in [0.29, 0.717) is 37.6 Å². The van der Waals surface area contributed by atoms with Gasteiger partial charge in [0.05, 0.1) is 11.3 Å². The van der Waals surface area contributed by atoms with Crippen LogP contribution in [0.15, 0.2) is 36.4 Å². The van der Waals surface area contributed by atoms with E-state index in [0.717, 1.165) is 43.9 Å². The molecule has 0 N–H and O–H groups in total. The van der Waals surface area contributed by atoms with Crippen LogP contribution >= 0.6 is 0 Å². The maximum absolute atomic E-state index is 12.8. The zero-order valence-electron chi connectivity index (χ0n) is 18.3. The van der Waals surface area contributed by atoms with E-state index < -0.39 is 21.8 Å². The highest BCUT2D eigenvalue weighted by Crippen LogP contribution is 2.29. The molecular formula is C22H28F3N5O2S. The maximum atomic E-state index is 12.8. The van der Waals surface area contributed by atoms with E-state index in [4.69, 9.17) is 0 Å². The molecule has 0 spiro atoms. The van der Waals surface area contributed by atoms with Gasteiger partial charge in [-0.15, -0.1) is 10.2 Å². The summed E-state index contributed by atoms with van der Waals surface area (Å²) >= 11 is 0. The minimum absolute atomic E-state index is 0.290. The van der Waals surface area contributed by atoms with E-state index in [2.05, 4.69) is 15.1 Å². The van der Waals surface area contributed by atoms with Crippen molar-refractivity contribution in [3.05, 3.63) is 47.5 Å². The van der Waals surface area contributed by atoms with Crippen molar-refractivity contribution in [1.82, 2.24) is 14.5 Å². The number of rotatable bonds is 5. The number of piperazine rings is 1. The number of hydrogen-bond acceptors (Lipinski definition) is 6. The van der Waals surface area contributed by atoms with Crippen LogP contribution in [0.1, 0.15) is 36.8 Å². The fourth-order valence-electron chi connectivity index (χ4n) is 4.24. The van der Waals surface area contributed by atoms with Crippen LogP contribution in [0.2, 0.25) is 0 Å². The molecule has 0 bridgehead atoms. The molecule has 2 aliphatic rings. The summed E-state index contributed by atoms with van der Waals surface area (Å²) in [4.78, 5) is 4.26. The molecule has 0 atom stereocenters. The molecule has 1 aromatic heterocycles. The molecule has 2 aliphatic heterocycles. The summed E-state index contributed by atoms with van der Waals surface area (Å²) in [5, 5.41) is 8.76. The largest absolute Gasteiger partial charge is 0.416 e. The monoisotopic (exact) mass is 483 g/mol. The minimum atomic E-state index is -4.44. The third kappa shape index (κ3) is 5.94. The Morgan fingerprint density at radius 2 is 1.24 bits per heavy atom. The molecule has 7 nitrogen and oxygen atoms in total. The lowest BCUT2D eigenvalue weighted by Crippen LogP contribution is -2.49. The number of hydrogen-bond donors (Lipinski definition) is 0. The summed E-state index contributed by atoms with van der Waals surface area (Å²) in [7, 11) is -3.63. The lowest BCUT2D eigenvalue weighted by molar-refractivity contribution is -0.137. The number of anilines is 2. The van der Waals surface area contributed by atoms with Crippen molar-refractivity contribution >= 4 is 21.7 Å². The lowest BCUT2D eigenvalue weighted by Gasteiger charge is -2.34. The number of alkyl halides is 3. The highest BCUT2D eigenvalue weighted by Gasteiger charge is 2.31. The van der Waals surface area contributed by atoms with Gasteiger partial charge in [0, 0.05) is 39.3 Å². The van der Waals surface area contributed by atoms with E-state index in [9.17, 15) is 21.6 Å². The Bertz CT molecular complexity index is 1010. The van der Waals surface area contributed by atoms with Crippen molar-refractivity contribution in [1.29, 1.82) is 0 Å². The van der Waals surface area contributed by atoms with Crippen LogP contribution in [0.5, 0.6) is 0 Å². The number of benzene rings is 1. The van der Waals surface area contributed by atoms with Gasteiger partial charge in [-0.1, -0.05) is 25.0 Å². The average molecular weight is 484 g/mol. The van der Waals surface area contributed by atoms with Crippen molar-refractivity contribution in [2.24, 2.45) is 0 Å². The van der Waals surface area contributed by atoms with Crippen molar-refractivity contribution in [3.8, 4) is 0 Å². The number of sulfonamides is 1. The second-order valence-corrected chi connectivity index (χ2v) is 10.5. The maximum Gasteiger partial charge on any atom is 0.416 e. The Labute approximate surface area is 192 Å². The Morgan fingerprint density at radius 1 is 0.727 bits per heavy atom. The van der Waals surface area contributed by atoms with Crippen LogP contribution < -0.4 is 9.80 Å². The second kappa shape index (κ2) is 9.84. The molecule has 2 saturated heterocycles. The van der Waals surface area contributed by atoms with E-state index >= 15 is 0 Å². The fourth-order valence-corrected chi connectivity index (χ4v) is 5.76. The molecule has 0 radical (unpaired) electrons. The van der Waals surface area contributed by atoms with Crippen molar-refractivity contribution in [2.45, 2.75) is 37.6 Å². The molecule has 3 heterocycles. The number of nitrogens with zero attached hydrogens (tertiary/aromatic N) is 5. The normalized spacial score (nSPS) is 18.9. The number of aromatic nitrogens is 2. The summed E-state index contributed by atoms with van der Waals surface area (Å²) in [5.74, 6) is 1.27. The molecule has 2 aromatic rings. The summed E-state index contributed by atoms with van der Waals surface area (Å²) < 4.78 is 65.1. The van der Waals surface area contributed by atoms with Gasteiger partial charge in [0.1, 0.15) is 0 Å². The Hall–Kier alpha value is -2.40. The zero-order valence-corrected chi connectivity index (χ0v) is 19.2. The first-order valence-corrected chi connectivity index (χ1v) is 12.8. The molecule has 33 heavy (non-hydrogen) atoms. The topological polar surface area (TPSA) is 69.6 Å². The van der Waals surface area contributed by atoms with Gasteiger partial charge >= 0.3 is 6.18 Å². The Kier molecular flexibility index (Phi) is 7.08. The number of halogens is 3. The van der Waals surface area contributed by atoms with Gasteiger partial charge in [-0.3, -0.25) is 0 Å². The van der Waals surface area contributed by atoms with E-state index in [1.54, 1.807) is 0 Å². The van der Waals surface area contributed by atoms with Crippen LogP contribution in [0.3, 0.4) is 0 Å². The first-order chi connectivity index (χ1) is 15.7. The molecule has 0 saturated carbocycles. The molecule has 2 fully saturated rings. The van der Waals surface area contributed by atoms with Crippen LogP contribution in [0.4, 0.5) is 24.8 Å². The van der Waals surface area contributed by atoms with Gasteiger partial charge in [-0.2, -0.15) is 17.5 Å². The van der Waals surface area contributed by atoms with Gasteiger partial charge in [-0.25, -0.2) is 8.42 Å². The van der Waals surface area contributed by atoms with Crippen molar-refractivity contribution < 1.29 is 21.6 Å². The molecule has 180 valence electrons. The standard InChI is InChI=1S/C22H28F3N5O2S/c23-22(24,25)19-7-5-18(6-8-19)17-33(31,32)30-15-13-29(14-16-30)21-10-9-20(26-27-21)28-11-3-1-2-4-12-28/h5-10H,1-4,11-17H2. The molecule has 0 amide bonds. The van der Waals surface area contributed by atoms with E-state index in [-0.39, 0.29) is 5.75 Å². The van der Waals surface area contributed by atoms with Gasteiger partial charge < -0.3 is 9.80 Å². The minimum Gasteiger partial charge on any atom is -0.355 e. The van der Waals surface area contributed by atoms with Crippen LogP contribution in [-0.4, -0.2) is 62.2 Å². The molecule has 11 heteroatoms. The molecule has 0 aliphatic carbocycles. The smallest absolute Gasteiger partial charge is 0.355 e. The van der Waals surface area contributed by atoms with E-state index in [1.165, 1.54) is 29.3 Å². The van der Waals surface area contributed by atoms with Crippen LogP contribution in [0.25, 0.3) is 0 Å². The average Bonchev–Trinajstić information content (AvgIpc) is 3.08.